The Morgan fingerprint density at radius 2 is 2.20 bits per heavy atom. The van der Waals surface area contributed by atoms with Gasteiger partial charge in [0.15, 0.2) is 0 Å². The topological polar surface area (TPSA) is 12.0 Å². The minimum atomic E-state index is 0.647. The molecule has 1 atom stereocenters. The highest BCUT2D eigenvalue weighted by molar-refractivity contribution is 7.16. The van der Waals surface area contributed by atoms with Crippen LogP contribution in [-0.2, 0) is 6.54 Å². The Kier molecular flexibility index (Phi) is 4.06. The van der Waals surface area contributed by atoms with Crippen LogP contribution in [0.1, 0.15) is 37.5 Å². The minimum absolute atomic E-state index is 0.647. The molecule has 0 radical (unpaired) electrons. The molecule has 0 saturated heterocycles. The van der Waals surface area contributed by atoms with Gasteiger partial charge < -0.3 is 5.32 Å². The number of hydrogen-bond donors (Lipinski definition) is 1. The lowest BCUT2D eigenvalue weighted by Crippen LogP contribution is -2.31. The molecule has 0 aliphatic heterocycles. The Morgan fingerprint density at radius 1 is 1.47 bits per heavy atom. The second-order valence-corrected chi connectivity index (χ2v) is 6.22. The van der Waals surface area contributed by atoms with Crippen LogP contribution < -0.4 is 5.32 Å². The molecule has 1 fully saturated rings. The van der Waals surface area contributed by atoms with Crippen molar-refractivity contribution >= 4 is 22.9 Å². The highest BCUT2D eigenvalue weighted by atomic mass is 35.5. The molecule has 0 aromatic carbocycles. The van der Waals surface area contributed by atoms with Crippen molar-refractivity contribution in [2.45, 2.75) is 45.2 Å². The number of rotatable bonds is 4. The summed E-state index contributed by atoms with van der Waals surface area (Å²) < 4.78 is 0.889. The van der Waals surface area contributed by atoms with Gasteiger partial charge in [-0.05, 0) is 37.8 Å². The molecule has 84 valence electrons. The zero-order valence-electron chi connectivity index (χ0n) is 9.13. The van der Waals surface area contributed by atoms with Gasteiger partial charge in [-0.15, -0.1) is 11.3 Å². The van der Waals surface area contributed by atoms with Gasteiger partial charge in [0.1, 0.15) is 0 Å². The quantitative estimate of drug-likeness (QED) is 0.841. The van der Waals surface area contributed by atoms with Crippen molar-refractivity contribution < 1.29 is 0 Å². The number of nitrogens with one attached hydrogen (secondary N) is 1. The lowest BCUT2D eigenvalue weighted by atomic mass is 10.00. The summed E-state index contributed by atoms with van der Waals surface area (Å²) in [4.78, 5) is 1.34. The summed E-state index contributed by atoms with van der Waals surface area (Å²) in [7, 11) is 0. The predicted octanol–water partition coefficient (Wildman–Crippen LogP) is 4.07. The highest BCUT2D eigenvalue weighted by Crippen LogP contribution is 2.28. The standard InChI is InChI=1S/C12H18ClNS/c1-9(10-4-2-3-5-10)14-8-11-6-7-12(13)15-11/h6-7,9-10,14H,2-5,8H2,1H3/t9-/m1/s1. The largest absolute Gasteiger partial charge is 0.309 e. The average molecular weight is 244 g/mol. The van der Waals surface area contributed by atoms with E-state index >= 15 is 0 Å². The van der Waals surface area contributed by atoms with Crippen molar-refractivity contribution in [1.82, 2.24) is 5.32 Å². The summed E-state index contributed by atoms with van der Waals surface area (Å²) in [5, 5.41) is 3.61. The van der Waals surface area contributed by atoms with E-state index in [1.807, 2.05) is 6.07 Å². The van der Waals surface area contributed by atoms with Gasteiger partial charge in [-0.2, -0.15) is 0 Å². The van der Waals surface area contributed by atoms with E-state index < -0.39 is 0 Å². The summed E-state index contributed by atoms with van der Waals surface area (Å²) in [5.74, 6) is 0.889. The van der Waals surface area contributed by atoms with Crippen molar-refractivity contribution in [2.24, 2.45) is 5.92 Å². The normalized spacial score (nSPS) is 19.6. The zero-order chi connectivity index (χ0) is 10.7. The Balaban J connectivity index is 1.77. The van der Waals surface area contributed by atoms with Crippen LogP contribution in [0.15, 0.2) is 12.1 Å². The van der Waals surface area contributed by atoms with E-state index in [9.17, 15) is 0 Å². The van der Waals surface area contributed by atoms with Gasteiger partial charge in [0, 0.05) is 17.5 Å². The van der Waals surface area contributed by atoms with Crippen molar-refractivity contribution in [3.8, 4) is 0 Å². The monoisotopic (exact) mass is 243 g/mol. The van der Waals surface area contributed by atoms with Gasteiger partial charge in [-0.3, -0.25) is 0 Å². The predicted molar refractivity (Wildman–Crippen MR) is 67.6 cm³/mol. The summed E-state index contributed by atoms with van der Waals surface area (Å²) in [6.45, 7) is 3.28. The molecule has 0 spiro atoms. The first kappa shape index (κ1) is 11.4. The summed E-state index contributed by atoms with van der Waals surface area (Å²) in [6.07, 6.45) is 5.64. The van der Waals surface area contributed by atoms with Crippen LogP contribution in [0.2, 0.25) is 4.34 Å². The van der Waals surface area contributed by atoms with Crippen LogP contribution in [0.25, 0.3) is 0 Å². The van der Waals surface area contributed by atoms with E-state index in [4.69, 9.17) is 11.6 Å². The number of hydrogen-bond acceptors (Lipinski definition) is 2. The van der Waals surface area contributed by atoms with Gasteiger partial charge in [0.05, 0.1) is 4.34 Å². The second-order valence-electron chi connectivity index (χ2n) is 4.42. The molecule has 1 aromatic heterocycles. The molecule has 1 aliphatic rings. The Hall–Kier alpha value is -0.0500. The van der Waals surface area contributed by atoms with Crippen LogP contribution in [0.5, 0.6) is 0 Å². The maximum Gasteiger partial charge on any atom is 0.0931 e. The van der Waals surface area contributed by atoms with E-state index in [2.05, 4.69) is 18.3 Å². The summed E-state index contributed by atoms with van der Waals surface area (Å²) in [5.41, 5.74) is 0. The van der Waals surface area contributed by atoms with Crippen molar-refractivity contribution in [3.63, 3.8) is 0 Å². The van der Waals surface area contributed by atoms with Crippen LogP contribution in [0.4, 0.5) is 0 Å². The molecule has 0 amide bonds. The van der Waals surface area contributed by atoms with Gasteiger partial charge in [-0.1, -0.05) is 24.4 Å². The van der Waals surface area contributed by atoms with Crippen LogP contribution in [0, 0.1) is 5.92 Å². The molecule has 1 aromatic rings. The molecule has 1 aliphatic carbocycles. The van der Waals surface area contributed by atoms with Crippen molar-refractivity contribution in [1.29, 1.82) is 0 Å². The first-order valence-corrected chi connectivity index (χ1v) is 6.93. The first-order chi connectivity index (χ1) is 7.25. The summed E-state index contributed by atoms with van der Waals surface area (Å²) >= 11 is 7.57. The van der Waals surface area contributed by atoms with E-state index in [1.54, 1.807) is 11.3 Å². The molecule has 15 heavy (non-hydrogen) atoms. The molecule has 2 rings (SSSR count). The molecule has 1 N–H and O–H groups in total. The molecule has 1 saturated carbocycles. The SMILES string of the molecule is C[C@@H](NCc1ccc(Cl)s1)C1CCCC1. The Bertz CT molecular complexity index is 304. The fraction of sp³-hybridized carbons (Fsp3) is 0.667. The lowest BCUT2D eigenvalue weighted by molar-refractivity contribution is 0.381. The summed E-state index contributed by atoms with van der Waals surface area (Å²) in [6, 6.07) is 4.73. The molecule has 0 bridgehead atoms. The van der Waals surface area contributed by atoms with Gasteiger partial charge in [0.2, 0.25) is 0 Å². The maximum atomic E-state index is 5.89. The molecular formula is C12H18ClNS. The Morgan fingerprint density at radius 3 is 2.80 bits per heavy atom. The van der Waals surface area contributed by atoms with Gasteiger partial charge in [-0.25, -0.2) is 0 Å². The van der Waals surface area contributed by atoms with Gasteiger partial charge >= 0.3 is 0 Å². The van der Waals surface area contributed by atoms with Crippen LogP contribution >= 0.6 is 22.9 Å². The van der Waals surface area contributed by atoms with Crippen molar-refractivity contribution in [3.05, 3.63) is 21.3 Å². The van der Waals surface area contributed by atoms with E-state index in [0.717, 1.165) is 16.8 Å². The van der Waals surface area contributed by atoms with E-state index in [-0.39, 0.29) is 0 Å². The second kappa shape index (κ2) is 5.33. The molecule has 1 heterocycles. The van der Waals surface area contributed by atoms with Crippen LogP contribution in [-0.4, -0.2) is 6.04 Å². The minimum Gasteiger partial charge on any atom is -0.309 e. The smallest absolute Gasteiger partial charge is 0.0931 e. The average Bonchev–Trinajstić information content (AvgIpc) is 2.84. The number of halogens is 1. The fourth-order valence-electron chi connectivity index (χ4n) is 2.33. The fourth-order valence-corrected chi connectivity index (χ4v) is 3.37. The third-order valence-electron chi connectivity index (χ3n) is 3.33. The Labute approximate surface area is 101 Å². The molecular weight excluding hydrogens is 226 g/mol. The number of thiophene rings is 1. The first-order valence-electron chi connectivity index (χ1n) is 5.73. The van der Waals surface area contributed by atoms with E-state index in [0.29, 0.717) is 6.04 Å². The molecule has 1 nitrogen and oxygen atoms in total. The highest BCUT2D eigenvalue weighted by Gasteiger charge is 2.20. The third kappa shape index (κ3) is 3.20. The third-order valence-corrected chi connectivity index (χ3v) is 4.57. The zero-order valence-corrected chi connectivity index (χ0v) is 10.7. The van der Waals surface area contributed by atoms with Crippen molar-refractivity contribution in [2.75, 3.05) is 0 Å². The maximum absolute atomic E-state index is 5.89. The molecule has 3 heteroatoms. The lowest BCUT2D eigenvalue weighted by Gasteiger charge is -2.19. The van der Waals surface area contributed by atoms with E-state index in [1.165, 1.54) is 30.6 Å². The van der Waals surface area contributed by atoms with Crippen LogP contribution in [0.3, 0.4) is 0 Å². The van der Waals surface area contributed by atoms with Gasteiger partial charge in [0.25, 0.3) is 0 Å². The molecule has 0 unspecified atom stereocenters.